The molecule has 104 valence electrons. The first-order valence-electron chi connectivity index (χ1n) is 6.80. The van der Waals surface area contributed by atoms with Gasteiger partial charge in [-0.3, -0.25) is 4.79 Å². The van der Waals surface area contributed by atoms with Crippen molar-refractivity contribution in [3.8, 4) is 5.75 Å². The second kappa shape index (κ2) is 5.61. The van der Waals surface area contributed by atoms with E-state index in [0.29, 0.717) is 17.0 Å². The first kappa shape index (κ1) is 13.9. The number of amides is 1. The number of carbonyl (C=O) groups is 1. The van der Waals surface area contributed by atoms with Gasteiger partial charge in [0.25, 0.3) is 5.91 Å². The summed E-state index contributed by atoms with van der Waals surface area (Å²) in [6, 6.07) is 5.06. The molecule has 0 spiro atoms. The molecular formula is C15H21NO3. The van der Waals surface area contributed by atoms with E-state index in [2.05, 4.69) is 5.32 Å². The molecule has 1 saturated carbocycles. The van der Waals surface area contributed by atoms with Crippen LogP contribution in [-0.2, 0) is 0 Å². The fourth-order valence-electron chi connectivity index (χ4n) is 2.63. The van der Waals surface area contributed by atoms with Crippen LogP contribution >= 0.6 is 0 Å². The molecule has 19 heavy (non-hydrogen) atoms. The van der Waals surface area contributed by atoms with E-state index in [1.165, 1.54) is 0 Å². The van der Waals surface area contributed by atoms with Gasteiger partial charge in [-0.05, 0) is 44.2 Å². The average Bonchev–Trinajstić information content (AvgIpc) is 2.35. The number of benzene rings is 1. The van der Waals surface area contributed by atoms with Crippen molar-refractivity contribution in [1.29, 1.82) is 0 Å². The van der Waals surface area contributed by atoms with E-state index in [4.69, 9.17) is 0 Å². The molecule has 3 N–H and O–H groups in total. The van der Waals surface area contributed by atoms with Crippen LogP contribution in [-0.4, -0.2) is 28.3 Å². The maximum Gasteiger partial charge on any atom is 0.251 e. The van der Waals surface area contributed by atoms with Crippen molar-refractivity contribution in [2.24, 2.45) is 5.92 Å². The molecule has 1 aliphatic carbocycles. The molecular weight excluding hydrogens is 242 g/mol. The number of hydrogen-bond donors (Lipinski definition) is 3. The highest BCUT2D eigenvalue weighted by molar-refractivity contribution is 5.96. The smallest absolute Gasteiger partial charge is 0.251 e. The SMILES string of the molecule is CCC(NC(=O)c1cccc(O)c1C)C1CC(O)C1. The number of aliphatic hydroxyl groups is 1. The molecule has 1 fully saturated rings. The minimum atomic E-state index is -0.210. The fraction of sp³-hybridized carbons (Fsp3) is 0.533. The monoisotopic (exact) mass is 263 g/mol. The first-order valence-corrected chi connectivity index (χ1v) is 6.80. The Morgan fingerprint density at radius 2 is 2.16 bits per heavy atom. The Balaban J connectivity index is 2.05. The highest BCUT2D eigenvalue weighted by Gasteiger charge is 2.34. The zero-order valence-electron chi connectivity index (χ0n) is 11.4. The Morgan fingerprint density at radius 1 is 1.47 bits per heavy atom. The lowest BCUT2D eigenvalue weighted by Crippen LogP contribution is -2.46. The van der Waals surface area contributed by atoms with E-state index in [-0.39, 0.29) is 23.8 Å². The molecule has 1 amide bonds. The van der Waals surface area contributed by atoms with Gasteiger partial charge in [0.15, 0.2) is 0 Å². The van der Waals surface area contributed by atoms with Crippen molar-refractivity contribution < 1.29 is 15.0 Å². The van der Waals surface area contributed by atoms with Crippen LogP contribution in [0, 0.1) is 12.8 Å². The standard InChI is InChI=1S/C15H21NO3/c1-3-13(10-7-11(17)8-10)16-15(19)12-5-4-6-14(18)9(12)2/h4-6,10-11,13,17-18H,3,7-8H2,1-2H3,(H,16,19). The van der Waals surface area contributed by atoms with Crippen molar-refractivity contribution in [3.63, 3.8) is 0 Å². The third-order valence-corrected chi connectivity index (χ3v) is 4.02. The fourth-order valence-corrected chi connectivity index (χ4v) is 2.63. The summed E-state index contributed by atoms with van der Waals surface area (Å²) < 4.78 is 0. The third kappa shape index (κ3) is 2.89. The summed E-state index contributed by atoms with van der Waals surface area (Å²) in [6.45, 7) is 3.77. The molecule has 0 aliphatic heterocycles. The zero-order valence-corrected chi connectivity index (χ0v) is 11.4. The molecule has 1 aliphatic rings. The number of rotatable bonds is 4. The van der Waals surface area contributed by atoms with Crippen molar-refractivity contribution >= 4 is 5.91 Å². The van der Waals surface area contributed by atoms with Crippen molar-refractivity contribution in [2.45, 2.75) is 45.3 Å². The molecule has 1 unspecified atom stereocenters. The van der Waals surface area contributed by atoms with Gasteiger partial charge in [-0.25, -0.2) is 0 Å². The summed E-state index contributed by atoms with van der Waals surface area (Å²) in [7, 11) is 0. The van der Waals surface area contributed by atoms with Gasteiger partial charge in [-0.15, -0.1) is 0 Å². The van der Waals surface area contributed by atoms with Gasteiger partial charge in [0.2, 0.25) is 0 Å². The Morgan fingerprint density at radius 3 is 2.74 bits per heavy atom. The van der Waals surface area contributed by atoms with Crippen LogP contribution in [0.4, 0.5) is 0 Å². The maximum atomic E-state index is 12.2. The van der Waals surface area contributed by atoms with E-state index in [1.807, 2.05) is 6.92 Å². The van der Waals surface area contributed by atoms with Crippen LogP contribution < -0.4 is 5.32 Å². The second-order valence-corrected chi connectivity index (χ2v) is 5.32. The zero-order chi connectivity index (χ0) is 14.0. The molecule has 1 atom stereocenters. The van der Waals surface area contributed by atoms with Crippen LogP contribution in [0.2, 0.25) is 0 Å². The number of carbonyl (C=O) groups excluding carboxylic acids is 1. The van der Waals surface area contributed by atoms with E-state index >= 15 is 0 Å². The Bertz CT molecular complexity index is 466. The summed E-state index contributed by atoms with van der Waals surface area (Å²) in [5.41, 5.74) is 1.11. The minimum absolute atomic E-state index is 0.0950. The number of phenolic OH excluding ortho intramolecular Hbond substituents is 1. The molecule has 4 heteroatoms. The molecule has 1 aromatic rings. The average molecular weight is 263 g/mol. The van der Waals surface area contributed by atoms with Gasteiger partial charge in [-0.1, -0.05) is 13.0 Å². The number of hydrogen-bond acceptors (Lipinski definition) is 3. The lowest BCUT2D eigenvalue weighted by atomic mass is 9.76. The highest BCUT2D eigenvalue weighted by Crippen LogP contribution is 2.31. The molecule has 0 radical (unpaired) electrons. The largest absolute Gasteiger partial charge is 0.508 e. The molecule has 1 aromatic carbocycles. The number of phenols is 1. The topological polar surface area (TPSA) is 69.6 Å². The quantitative estimate of drug-likeness (QED) is 0.778. The molecule has 0 bridgehead atoms. The third-order valence-electron chi connectivity index (χ3n) is 4.02. The van der Waals surface area contributed by atoms with Gasteiger partial charge >= 0.3 is 0 Å². The van der Waals surface area contributed by atoms with E-state index in [1.54, 1.807) is 25.1 Å². The predicted molar refractivity (Wildman–Crippen MR) is 73.1 cm³/mol. The van der Waals surface area contributed by atoms with Gasteiger partial charge in [-0.2, -0.15) is 0 Å². The Kier molecular flexibility index (Phi) is 4.10. The molecule has 0 saturated heterocycles. The molecule has 2 rings (SSSR count). The minimum Gasteiger partial charge on any atom is -0.508 e. The van der Waals surface area contributed by atoms with E-state index in [0.717, 1.165) is 19.3 Å². The first-order chi connectivity index (χ1) is 9.02. The summed E-state index contributed by atoms with van der Waals surface area (Å²) in [6.07, 6.45) is 2.16. The van der Waals surface area contributed by atoms with E-state index < -0.39 is 0 Å². The van der Waals surface area contributed by atoms with Gasteiger partial charge < -0.3 is 15.5 Å². The number of aromatic hydroxyl groups is 1. The van der Waals surface area contributed by atoms with Crippen molar-refractivity contribution in [2.75, 3.05) is 0 Å². The summed E-state index contributed by atoms with van der Waals surface area (Å²) in [4.78, 5) is 12.2. The Labute approximate surface area is 113 Å². The highest BCUT2D eigenvalue weighted by atomic mass is 16.3. The van der Waals surface area contributed by atoms with Crippen LogP contribution in [0.3, 0.4) is 0 Å². The van der Waals surface area contributed by atoms with Crippen LogP contribution in [0.15, 0.2) is 18.2 Å². The predicted octanol–water partition coefficient (Wildman–Crippen LogP) is 1.98. The summed E-state index contributed by atoms with van der Waals surface area (Å²) >= 11 is 0. The van der Waals surface area contributed by atoms with Crippen LogP contribution in [0.25, 0.3) is 0 Å². The second-order valence-electron chi connectivity index (χ2n) is 5.32. The van der Waals surface area contributed by atoms with Crippen molar-refractivity contribution in [3.05, 3.63) is 29.3 Å². The number of aliphatic hydroxyl groups excluding tert-OH is 1. The normalized spacial score (nSPS) is 23.5. The maximum absolute atomic E-state index is 12.2. The molecule has 4 nitrogen and oxygen atoms in total. The van der Waals surface area contributed by atoms with Gasteiger partial charge in [0.05, 0.1) is 6.10 Å². The van der Waals surface area contributed by atoms with E-state index in [9.17, 15) is 15.0 Å². The summed E-state index contributed by atoms with van der Waals surface area (Å²) in [5.74, 6) is 0.350. The van der Waals surface area contributed by atoms with Crippen LogP contribution in [0.1, 0.15) is 42.1 Å². The lowest BCUT2D eigenvalue weighted by Gasteiger charge is -2.37. The van der Waals surface area contributed by atoms with Crippen LogP contribution in [0.5, 0.6) is 5.75 Å². The summed E-state index contributed by atoms with van der Waals surface area (Å²) in [5, 5.41) is 22.0. The Hall–Kier alpha value is -1.55. The molecule has 0 heterocycles. The van der Waals surface area contributed by atoms with Gasteiger partial charge in [0.1, 0.15) is 5.75 Å². The number of nitrogens with one attached hydrogen (secondary N) is 1. The van der Waals surface area contributed by atoms with Crippen molar-refractivity contribution in [1.82, 2.24) is 5.32 Å². The lowest BCUT2D eigenvalue weighted by molar-refractivity contribution is 0.0232. The van der Waals surface area contributed by atoms with Gasteiger partial charge in [0, 0.05) is 17.2 Å². The molecule has 0 aromatic heterocycles.